The van der Waals surface area contributed by atoms with E-state index in [0.29, 0.717) is 6.42 Å². The van der Waals surface area contributed by atoms with Crippen LogP contribution in [0.1, 0.15) is 12.5 Å². The molecule has 1 aromatic rings. The van der Waals surface area contributed by atoms with Crippen molar-refractivity contribution >= 4 is 25.8 Å². The van der Waals surface area contributed by atoms with Gasteiger partial charge >= 0.3 is 0 Å². The second-order valence-electron chi connectivity index (χ2n) is 3.20. The smallest absolute Gasteiger partial charge is 0.152 e. The van der Waals surface area contributed by atoms with Crippen LogP contribution < -0.4 is 0 Å². The van der Waals surface area contributed by atoms with Crippen molar-refractivity contribution in [3.8, 4) is 0 Å². The summed E-state index contributed by atoms with van der Waals surface area (Å²) < 4.78 is 24.9. The van der Waals surface area contributed by atoms with Crippen LogP contribution >= 0.6 is 15.9 Å². The SMILES string of the molecule is O=S1(=O)CCC(n2cc(Br)cn2)C1. The molecule has 13 heavy (non-hydrogen) atoms. The molecule has 1 fully saturated rings. The first-order valence-electron chi connectivity index (χ1n) is 3.97. The van der Waals surface area contributed by atoms with Gasteiger partial charge in [-0.2, -0.15) is 5.10 Å². The molecular weight excluding hydrogens is 256 g/mol. The summed E-state index contributed by atoms with van der Waals surface area (Å²) in [6.07, 6.45) is 4.16. The molecule has 2 rings (SSSR count). The van der Waals surface area contributed by atoms with Crippen LogP contribution in [0.2, 0.25) is 0 Å². The third-order valence-electron chi connectivity index (χ3n) is 2.15. The highest BCUT2D eigenvalue weighted by atomic mass is 79.9. The molecule has 1 saturated heterocycles. The van der Waals surface area contributed by atoms with Crippen LogP contribution in [0.3, 0.4) is 0 Å². The first kappa shape index (κ1) is 9.21. The quantitative estimate of drug-likeness (QED) is 0.761. The highest BCUT2D eigenvalue weighted by Crippen LogP contribution is 2.23. The van der Waals surface area contributed by atoms with Gasteiger partial charge in [-0.25, -0.2) is 8.42 Å². The minimum Gasteiger partial charge on any atom is -0.267 e. The van der Waals surface area contributed by atoms with Crippen molar-refractivity contribution in [1.82, 2.24) is 9.78 Å². The van der Waals surface area contributed by atoms with Gasteiger partial charge in [0.1, 0.15) is 0 Å². The molecule has 1 aliphatic rings. The second kappa shape index (κ2) is 3.09. The van der Waals surface area contributed by atoms with Gasteiger partial charge in [-0.3, -0.25) is 4.68 Å². The Morgan fingerprint density at radius 1 is 1.62 bits per heavy atom. The second-order valence-corrected chi connectivity index (χ2v) is 6.34. The van der Waals surface area contributed by atoms with Crippen LogP contribution in [-0.2, 0) is 9.84 Å². The lowest BCUT2D eigenvalue weighted by Gasteiger charge is -2.06. The first-order valence-corrected chi connectivity index (χ1v) is 6.58. The molecule has 2 heterocycles. The third kappa shape index (κ3) is 1.94. The van der Waals surface area contributed by atoms with E-state index in [0.717, 1.165) is 4.47 Å². The largest absolute Gasteiger partial charge is 0.267 e. The molecule has 0 aliphatic carbocycles. The zero-order valence-electron chi connectivity index (χ0n) is 6.85. The minimum absolute atomic E-state index is 0.0244. The summed E-state index contributed by atoms with van der Waals surface area (Å²) in [5.41, 5.74) is 0. The molecule has 0 radical (unpaired) electrons. The molecular formula is C7H9BrN2O2S. The van der Waals surface area contributed by atoms with E-state index in [1.165, 1.54) is 0 Å². The van der Waals surface area contributed by atoms with Gasteiger partial charge in [0.2, 0.25) is 0 Å². The van der Waals surface area contributed by atoms with Gasteiger partial charge in [-0.15, -0.1) is 0 Å². The molecule has 0 saturated carbocycles. The van der Waals surface area contributed by atoms with Gasteiger partial charge in [0.15, 0.2) is 9.84 Å². The third-order valence-corrected chi connectivity index (χ3v) is 4.31. The van der Waals surface area contributed by atoms with Crippen LogP contribution in [0.15, 0.2) is 16.9 Å². The predicted molar refractivity (Wildman–Crippen MR) is 52.2 cm³/mol. The van der Waals surface area contributed by atoms with Crippen LogP contribution in [0.25, 0.3) is 0 Å². The maximum absolute atomic E-state index is 11.2. The normalized spacial score (nSPS) is 26.4. The topological polar surface area (TPSA) is 52.0 Å². The summed E-state index contributed by atoms with van der Waals surface area (Å²) in [5, 5.41) is 4.07. The number of halogens is 1. The predicted octanol–water partition coefficient (Wildman–Crippen LogP) is 1.01. The number of hydrogen-bond donors (Lipinski definition) is 0. The van der Waals surface area contributed by atoms with E-state index in [2.05, 4.69) is 21.0 Å². The Labute approximate surface area is 85.0 Å². The van der Waals surface area contributed by atoms with Crippen molar-refractivity contribution in [3.63, 3.8) is 0 Å². The van der Waals surface area contributed by atoms with E-state index in [9.17, 15) is 8.42 Å². The molecule has 0 N–H and O–H groups in total. The number of aromatic nitrogens is 2. The number of rotatable bonds is 1. The van der Waals surface area contributed by atoms with Crippen LogP contribution in [0.4, 0.5) is 0 Å². The van der Waals surface area contributed by atoms with Gasteiger partial charge in [-0.05, 0) is 22.4 Å². The lowest BCUT2D eigenvalue weighted by atomic mass is 10.3. The molecule has 0 bridgehead atoms. The molecule has 1 atom stereocenters. The molecule has 72 valence electrons. The van der Waals surface area contributed by atoms with Crippen molar-refractivity contribution in [2.75, 3.05) is 11.5 Å². The Bertz CT molecular complexity index is 412. The Kier molecular flexibility index (Phi) is 2.19. The highest BCUT2D eigenvalue weighted by Gasteiger charge is 2.29. The summed E-state index contributed by atoms with van der Waals surface area (Å²) in [4.78, 5) is 0. The maximum atomic E-state index is 11.2. The fraction of sp³-hybridized carbons (Fsp3) is 0.571. The molecule has 6 heteroatoms. The van der Waals surface area contributed by atoms with E-state index >= 15 is 0 Å². The van der Waals surface area contributed by atoms with Gasteiger partial charge in [0.05, 0.1) is 28.2 Å². The van der Waals surface area contributed by atoms with Gasteiger partial charge < -0.3 is 0 Å². The average molecular weight is 265 g/mol. The molecule has 0 aromatic carbocycles. The van der Waals surface area contributed by atoms with E-state index in [1.807, 2.05) is 6.20 Å². The molecule has 0 spiro atoms. The summed E-state index contributed by atoms with van der Waals surface area (Å²) in [5.74, 6) is 0.510. The fourth-order valence-electron chi connectivity index (χ4n) is 1.50. The van der Waals surface area contributed by atoms with Crippen LogP contribution in [0.5, 0.6) is 0 Å². The van der Waals surface area contributed by atoms with Crippen molar-refractivity contribution in [2.45, 2.75) is 12.5 Å². The zero-order chi connectivity index (χ0) is 9.47. The van der Waals surface area contributed by atoms with Crippen molar-refractivity contribution in [1.29, 1.82) is 0 Å². The van der Waals surface area contributed by atoms with Crippen molar-refractivity contribution in [2.24, 2.45) is 0 Å². The zero-order valence-corrected chi connectivity index (χ0v) is 9.25. The Morgan fingerprint density at radius 3 is 2.85 bits per heavy atom. The minimum atomic E-state index is -2.81. The van der Waals surface area contributed by atoms with Gasteiger partial charge in [-0.1, -0.05) is 0 Å². The van der Waals surface area contributed by atoms with E-state index in [4.69, 9.17) is 0 Å². The summed E-state index contributed by atoms with van der Waals surface area (Å²) in [7, 11) is -2.81. The van der Waals surface area contributed by atoms with Crippen molar-refractivity contribution < 1.29 is 8.42 Å². The molecule has 1 aliphatic heterocycles. The summed E-state index contributed by atoms with van der Waals surface area (Å²) >= 11 is 3.27. The maximum Gasteiger partial charge on any atom is 0.152 e. The number of nitrogens with zero attached hydrogens (tertiary/aromatic N) is 2. The first-order chi connectivity index (χ1) is 6.07. The molecule has 4 nitrogen and oxygen atoms in total. The van der Waals surface area contributed by atoms with Crippen LogP contribution in [0, 0.1) is 0 Å². The van der Waals surface area contributed by atoms with E-state index in [1.54, 1.807) is 10.9 Å². The van der Waals surface area contributed by atoms with Crippen molar-refractivity contribution in [3.05, 3.63) is 16.9 Å². The Morgan fingerprint density at radius 2 is 2.38 bits per heavy atom. The number of sulfone groups is 1. The standard InChI is InChI=1S/C7H9BrN2O2S/c8-6-3-9-10(4-6)7-1-2-13(11,12)5-7/h3-4,7H,1-2,5H2. The van der Waals surface area contributed by atoms with Crippen LogP contribution in [-0.4, -0.2) is 29.7 Å². The van der Waals surface area contributed by atoms with Gasteiger partial charge in [0.25, 0.3) is 0 Å². The van der Waals surface area contributed by atoms with Gasteiger partial charge in [0, 0.05) is 6.20 Å². The Balaban J connectivity index is 2.21. The summed E-state index contributed by atoms with van der Waals surface area (Å²) in [6.45, 7) is 0. The average Bonchev–Trinajstić information content (AvgIpc) is 2.56. The van der Waals surface area contributed by atoms with E-state index < -0.39 is 9.84 Å². The highest BCUT2D eigenvalue weighted by molar-refractivity contribution is 9.10. The number of hydrogen-bond acceptors (Lipinski definition) is 3. The monoisotopic (exact) mass is 264 g/mol. The van der Waals surface area contributed by atoms with E-state index in [-0.39, 0.29) is 17.5 Å². The molecule has 0 amide bonds. The lowest BCUT2D eigenvalue weighted by Crippen LogP contribution is -2.11. The lowest BCUT2D eigenvalue weighted by molar-refractivity contribution is 0.499. The Hall–Kier alpha value is -0.360. The fourth-order valence-corrected chi connectivity index (χ4v) is 3.50. The molecule has 1 aromatic heterocycles. The molecule has 1 unspecified atom stereocenters. The summed E-state index contributed by atoms with van der Waals surface area (Å²) in [6, 6.07) is 0.0244.